The van der Waals surface area contributed by atoms with Crippen molar-refractivity contribution in [2.24, 2.45) is 0 Å². The summed E-state index contributed by atoms with van der Waals surface area (Å²) in [6, 6.07) is 6.92. The summed E-state index contributed by atoms with van der Waals surface area (Å²) in [5.41, 5.74) is 0.493. The Hall–Kier alpha value is -1.74. The van der Waals surface area contributed by atoms with E-state index in [4.69, 9.17) is 14.7 Å². The third-order valence-electron chi connectivity index (χ3n) is 2.29. The first kappa shape index (κ1) is 15.3. The number of ether oxygens (including phenoxy) is 2. The number of benzene rings is 1. The molecule has 1 rings (SSSR count). The molecule has 0 bridgehead atoms. The Bertz CT molecular complexity index is 560. The zero-order chi connectivity index (χ0) is 14.3. The SMILES string of the molecule is CCOc1cc(C#N)ccc1OCCCS(C)(=O)=O. The summed E-state index contributed by atoms with van der Waals surface area (Å²) in [6.07, 6.45) is 1.62. The first-order valence-corrected chi connectivity index (χ1v) is 8.00. The lowest BCUT2D eigenvalue weighted by atomic mass is 10.2. The topological polar surface area (TPSA) is 76.4 Å². The lowest BCUT2D eigenvalue weighted by Gasteiger charge is -2.11. The molecule has 0 atom stereocenters. The molecule has 0 aromatic heterocycles. The minimum absolute atomic E-state index is 0.0905. The molecule has 0 saturated carbocycles. The third-order valence-corrected chi connectivity index (χ3v) is 3.32. The normalized spacial score (nSPS) is 10.8. The van der Waals surface area contributed by atoms with Crippen LogP contribution in [0.4, 0.5) is 0 Å². The largest absolute Gasteiger partial charge is 0.490 e. The molecule has 1 aromatic carbocycles. The van der Waals surface area contributed by atoms with Crippen LogP contribution in [0.3, 0.4) is 0 Å². The van der Waals surface area contributed by atoms with Crippen LogP contribution in [-0.4, -0.2) is 33.6 Å². The van der Waals surface area contributed by atoms with Gasteiger partial charge >= 0.3 is 0 Å². The Balaban J connectivity index is 2.64. The van der Waals surface area contributed by atoms with Crippen LogP contribution in [0.25, 0.3) is 0 Å². The lowest BCUT2D eigenvalue weighted by Crippen LogP contribution is -2.08. The van der Waals surface area contributed by atoms with Crippen molar-refractivity contribution >= 4 is 9.84 Å². The second-order valence-corrected chi connectivity index (χ2v) is 6.30. The monoisotopic (exact) mass is 283 g/mol. The highest BCUT2D eigenvalue weighted by Crippen LogP contribution is 2.28. The molecule has 1 aromatic rings. The van der Waals surface area contributed by atoms with E-state index in [-0.39, 0.29) is 5.75 Å². The average molecular weight is 283 g/mol. The molecule has 0 aliphatic rings. The molecule has 0 aliphatic heterocycles. The molecule has 5 nitrogen and oxygen atoms in total. The van der Waals surface area contributed by atoms with Gasteiger partial charge < -0.3 is 9.47 Å². The van der Waals surface area contributed by atoms with Gasteiger partial charge in [0.25, 0.3) is 0 Å². The number of nitriles is 1. The van der Waals surface area contributed by atoms with Crippen LogP contribution in [0.1, 0.15) is 18.9 Å². The molecule has 104 valence electrons. The standard InChI is InChI=1S/C13H17NO4S/c1-3-17-13-9-11(10-14)5-6-12(13)18-7-4-8-19(2,15)16/h5-6,9H,3-4,7-8H2,1-2H3. The fraction of sp³-hybridized carbons (Fsp3) is 0.462. The van der Waals surface area contributed by atoms with Crippen molar-refractivity contribution in [1.29, 1.82) is 5.26 Å². The van der Waals surface area contributed by atoms with Crippen molar-refractivity contribution in [3.63, 3.8) is 0 Å². The first-order chi connectivity index (χ1) is 8.96. The van der Waals surface area contributed by atoms with Crippen LogP contribution in [0.5, 0.6) is 11.5 Å². The second kappa shape index (κ2) is 7.00. The van der Waals surface area contributed by atoms with Gasteiger partial charge in [0.1, 0.15) is 9.84 Å². The van der Waals surface area contributed by atoms with Crippen molar-refractivity contribution < 1.29 is 17.9 Å². The Labute approximate surface area is 113 Å². The highest BCUT2D eigenvalue weighted by Gasteiger charge is 2.07. The van der Waals surface area contributed by atoms with Gasteiger partial charge in [-0.1, -0.05) is 0 Å². The second-order valence-electron chi connectivity index (χ2n) is 4.04. The van der Waals surface area contributed by atoms with E-state index in [0.29, 0.717) is 36.7 Å². The van der Waals surface area contributed by atoms with Gasteiger partial charge in [0.15, 0.2) is 11.5 Å². The zero-order valence-electron chi connectivity index (χ0n) is 11.0. The summed E-state index contributed by atoms with van der Waals surface area (Å²) in [4.78, 5) is 0. The summed E-state index contributed by atoms with van der Waals surface area (Å²) in [5.74, 6) is 1.11. The average Bonchev–Trinajstić information content (AvgIpc) is 2.35. The molecule has 0 amide bonds. The number of hydrogen-bond acceptors (Lipinski definition) is 5. The van der Waals surface area contributed by atoms with E-state index in [9.17, 15) is 8.42 Å². The van der Waals surface area contributed by atoms with Gasteiger partial charge in [-0.15, -0.1) is 0 Å². The van der Waals surface area contributed by atoms with Gasteiger partial charge in [0, 0.05) is 12.3 Å². The molecule has 19 heavy (non-hydrogen) atoms. The predicted molar refractivity (Wildman–Crippen MR) is 72.1 cm³/mol. The van der Waals surface area contributed by atoms with Crippen LogP contribution in [0, 0.1) is 11.3 Å². The number of sulfone groups is 1. The van der Waals surface area contributed by atoms with Gasteiger partial charge in [0.05, 0.1) is 30.6 Å². The molecule has 0 N–H and O–H groups in total. The minimum atomic E-state index is -2.96. The lowest BCUT2D eigenvalue weighted by molar-refractivity contribution is 0.277. The van der Waals surface area contributed by atoms with E-state index < -0.39 is 9.84 Å². The summed E-state index contributed by atoms with van der Waals surface area (Å²) < 4.78 is 32.8. The fourth-order valence-corrected chi connectivity index (χ4v) is 2.11. The van der Waals surface area contributed by atoms with Crippen LogP contribution >= 0.6 is 0 Å². The number of rotatable bonds is 7. The maximum atomic E-state index is 11.0. The molecule has 0 fully saturated rings. The van der Waals surface area contributed by atoms with E-state index in [0.717, 1.165) is 0 Å². The summed E-state index contributed by atoms with van der Waals surface area (Å²) >= 11 is 0. The Morgan fingerprint density at radius 3 is 2.58 bits per heavy atom. The minimum Gasteiger partial charge on any atom is -0.490 e. The zero-order valence-corrected chi connectivity index (χ0v) is 11.9. The molecular weight excluding hydrogens is 266 g/mol. The highest BCUT2D eigenvalue weighted by molar-refractivity contribution is 7.90. The van der Waals surface area contributed by atoms with Crippen molar-refractivity contribution in [3.05, 3.63) is 23.8 Å². The van der Waals surface area contributed by atoms with Gasteiger partial charge in [-0.05, 0) is 25.5 Å². The Kier molecular flexibility index (Phi) is 5.64. The van der Waals surface area contributed by atoms with Crippen LogP contribution in [-0.2, 0) is 9.84 Å². The van der Waals surface area contributed by atoms with E-state index in [1.807, 2.05) is 13.0 Å². The van der Waals surface area contributed by atoms with Gasteiger partial charge in [-0.2, -0.15) is 5.26 Å². The van der Waals surface area contributed by atoms with Crippen LogP contribution in [0.2, 0.25) is 0 Å². The maximum absolute atomic E-state index is 11.0. The smallest absolute Gasteiger partial charge is 0.162 e. The van der Waals surface area contributed by atoms with Crippen LogP contribution < -0.4 is 9.47 Å². The van der Waals surface area contributed by atoms with E-state index in [1.165, 1.54) is 6.26 Å². The van der Waals surface area contributed by atoms with Gasteiger partial charge in [-0.3, -0.25) is 0 Å². The summed E-state index contributed by atoms with van der Waals surface area (Å²) in [6.45, 7) is 2.60. The third kappa shape index (κ3) is 5.62. The summed E-state index contributed by atoms with van der Waals surface area (Å²) in [7, 11) is -2.96. The molecule has 0 radical (unpaired) electrons. The Morgan fingerprint density at radius 1 is 1.26 bits per heavy atom. The molecule has 0 heterocycles. The van der Waals surface area contributed by atoms with Crippen molar-refractivity contribution in [3.8, 4) is 17.6 Å². The van der Waals surface area contributed by atoms with Gasteiger partial charge in [-0.25, -0.2) is 8.42 Å². The van der Waals surface area contributed by atoms with Crippen molar-refractivity contribution in [1.82, 2.24) is 0 Å². The van der Waals surface area contributed by atoms with Crippen LogP contribution in [0.15, 0.2) is 18.2 Å². The molecule has 0 spiro atoms. The molecule has 6 heteroatoms. The molecule has 0 aliphatic carbocycles. The Morgan fingerprint density at radius 2 is 2.00 bits per heavy atom. The molecule has 0 saturated heterocycles. The maximum Gasteiger partial charge on any atom is 0.162 e. The van der Waals surface area contributed by atoms with E-state index >= 15 is 0 Å². The quantitative estimate of drug-likeness (QED) is 0.713. The highest BCUT2D eigenvalue weighted by atomic mass is 32.2. The van der Waals surface area contributed by atoms with Crippen molar-refractivity contribution in [2.75, 3.05) is 25.2 Å². The number of nitrogens with zero attached hydrogens (tertiary/aromatic N) is 1. The van der Waals surface area contributed by atoms with E-state index in [2.05, 4.69) is 0 Å². The fourth-order valence-electron chi connectivity index (χ4n) is 1.47. The van der Waals surface area contributed by atoms with Crippen molar-refractivity contribution in [2.45, 2.75) is 13.3 Å². The molecule has 0 unspecified atom stereocenters. The predicted octanol–water partition coefficient (Wildman–Crippen LogP) is 1.77. The van der Waals surface area contributed by atoms with Gasteiger partial charge in [0.2, 0.25) is 0 Å². The number of hydrogen-bond donors (Lipinski definition) is 0. The summed E-state index contributed by atoms with van der Waals surface area (Å²) in [5, 5.41) is 8.81. The molecular formula is C13H17NO4S. The van der Waals surface area contributed by atoms with E-state index in [1.54, 1.807) is 18.2 Å². The first-order valence-electron chi connectivity index (χ1n) is 5.93.